The van der Waals surface area contributed by atoms with Crippen molar-refractivity contribution in [1.82, 2.24) is 0 Å². The van der Waals surface area contributed by atoms with Crippen LogP contribution in [0.4, 0.5) is 5.69 Å². The number of halogens is 2. The number of rotatable bonds is 1. The third-order valence-electron chi connectivity index (χ3n) is 2.60. The van der Waals surface area contributed by atoms with Crippen LogP contribution in [-0.4, -0.2) is 17.3 Å². The summed E-state index contributed by atoms with van der Waals surface area (Å²) in [6.07, 6.45) is 0.880. The third-order valence-corrected chi connectivity index (χ3v) is 3.94. The number of alkyl halides is 1. The lowest BCUT2D eigenvalue weighted by Crippen LogP contribution is -2.27. The van der Waals surface area contributed by atoms with Crippen molar-refractivity contribution in [3.8, 4) is 0 Å². The Labute approximate surface area is 106 Å². The molecule has 0 bridgehead atoms. The standard InChI is InChI=1S/C11H11Br2NO/c1-7-2-3-8(12)6-10(7)14-5-4-9(13)11(14)15/h2-3,6,9H,4-5H2,1H3. The number of amides is 1. The van der Waals surface area contributed by atoms with Crippen LogP contribution >= 0.6 is 31.9 Å². The van der Waals surface area contributed by atoms with E-state index in [0.717, 1.165) is 28.7 Å². The molecule has 0 aromatic heterocycles. The van der Waals surface area contributed by atoms with Crippen molar-refractivity contribution in [2.24, 2.45) is 0 Å². The molecule has 1 aromatic carbocycles. The van der Waals surface area contributed by atoms with Gasteiger partial charge in [0.15, 0.2) is 0 Å². The lowest BCUT2D eigenvalue weighted by Gasteiger charge is -2.18. The first-order valence-corrected chi connectivity index (χ1v) is 6.52. The number of aryl methyl sites for hydroxylation is 1. The predicted octanol–water partition coefficient (Wildman–Crippen LogP) is 3.26. The third kappa shape index (κ3) is 2.11. The molecule has 1 aliphatic rings. The monoisotopic (exact) mass is 331 g/mol. The predicted molar refractivity (Wildman–Crippen MR) is 68.6 cm³/mol. The largest absolute Gasteiger partial charge is 0.311 e. The van der Waals surface area contributed by atoms with Crippen LogP contribution < -0.4 is 4.90 Å². The fourth-order valence-electron chi connectivity index (χ4n) is 1.76. The van der Waals surface area contributed by atoms with E-state index >= 15 is 0 Å². The molecule has 1 fully saturated rings. The zero-order valence-corrected chi connectivity index (χ0v) is 11.5. The van der Waals surface area contributed by atoms with Crippen molar-refractivity contribution in [1.29, 1.82) is 0 Å². The van der Waals surface area contributed by atoms with Gasteiger partial charge >= 0.3 is 0 Å². The average Bonchev–Trinajstić information content (AvgIpc) is 2.52. The topological polar surface area (TPSA) is 20.3 Å². The number of anilines is 1. The van der Waals surface area contributed by atoms with Crippen molar-refractivity contribution in [2.45, 2.75) is 18.2 Å². The van der Waals surface area contributed by atoms with Crippen LogP contribution in [-0.2, 0) is 4.79 Å². The Morgan fingerprint density at radius 3 is 2.80 bits per heavy atom. The molecule has 1 aromatic rings. The van der Waals surface area contributed by atoms with E-state index in [0.29, 0.717) is 0 Å². The van der Waals surface area contributed by atoms with Gasteiger partial charge in [0.05, 0.1) is 4.83 Å². The highest BCUT2D eigenvalue weighted by atomic mass is 79.9. The maximum atomic E-state index is 11.8. The van der Waals surface area contributed by atoms with E-state index in [1.54, 1.807) is 0 Å². The Kier molecular flexibility index (Phi) is 3.16. The number of nitrogens with zero attached hydrogens (tertiary/aromatic N) is 1. The summed E-state index contributed by atoms with van der Waals surface area (Å²) in [5.41, 5.74) is 2.14. The van der Waals surface area contributed by atoms with Gasteiger partial charge in [0.1, 0.15) is 0 Å². The van der Waals surface area contributed by atoms with Crippen LogP contribution in [0.25, 0.3) is 0 Å². The average molecular weight is 333 g/mol. The molecule has 80 valence electrons. The molecule has 0 N–H and O–H groups in total. The Morgan fingerprint density at radius 2 is 2.20 bits per heavy atom. The van der Waals surface area contributed by atoms with Crippen molar-refractivity contribution in [3.63, 3.8) is 0 Å². The Hall–Kier alpha value is -0.350. The molecule has 4 heteroatoms. The second kappa shape index (κ2) is 4.26. The summed E-state index contributed by atoms with van der Waals surface area (Å²) < 4.78 is 1.01. The van der Waals surface area contributed by atoms with Gasteiger partial charge in [0.25, 0.3) is 0 Å². The van der Waals surface area contributed by atoms with Gasteiger partial charge in [-0.25, -0.2) is 0 Å². The first kappa shape index (κ1) is 11.1. The fraction of sp³-hybridized carbons (Fsp3) is 0.364. The van der Waals surface area contributed by atoms with E-state index < -0.39 is 0 Å². The van der Waals surface area contributed by atoms with Crippen molar-refractivity contribution < 1.29 is 4.79 Å². The minimum Gasteiger partial charge on any atom is -0.311 e. The van der Waals surface area contributed by atoms with E-state index in [4.69, 9.17) is 0 Å². The molecule has 2 rings (SSSR count). The smallest absolute Gasteiger partial charge is 0.240 e. The molecular formula is C11H11Br2NO. The van der Waals surface area contributed by atoms with Gasteiger partial charge in [0, 0.05) is 16.7 Å². The van der Waals surface area contributed by atoms with E-state index in [1.807, 2.05) is 30.0 Å². The molecule has 0 radical (unpaired) electrons. The number of carbonyl (C=O) groups excluding carboxylic acids is 1. The van der Waals surface area contributed by atoms with Gasteiger partial charge in [-0.2, -0.15) is 0 Å². The van der Waals surface area contributed by atoms with Gasteiger partial charge in [-0.15, -0.1) is 0 Å². The summed E-state index contributed by atoms with van der Waals surface area (Å²) in [5, 5.41) is 0. The summed E-state index contributed by atoms with van der Waals surface area (Å²) in [6.45, 7) is 2.82. The number of hydrogen-bond donors (Lipinski definition) is 0. The van der Waals surface area contributed by atoms with Crippen LogP contribution in [0.15, 0.2) is 22.7 Å². The lowest BCUT2D eigenvalue weighted by atomic mass is 10.2. The molecule has 1 saturated heterocycles. The van der Waals surface area contributed by atoms with Crippen LogP contribution in [0, 0.1) is 6.92 Å². The Morgan fingerprint density at radius 1 is 1.47 bits per heavy atom. The summed E-state index contributed by atoms with van der Waals surface area (Å²) in [7, 11) is 0. The molecule has 1 heterocycles. The van der Waals surface area contributed by atoms with Crippen LogP contribution in [0.2, 0.25) is 0 Å². The van der Waals surface area contributed by atoms with Gasteiger partial charge in [-0.1, -0.05) is 37.9 Å². The van der Waals surface area contributed by atoms with Gasteiger partial charge < -0.3 is 4.90 Å². The molecule has 0 aliphatic carbocycles. The maximum Gasteiger partial charge on any atom is 0.240 e. The minimum atomic E-state index is -0.0177. The van der Waals surface area contributed by atoms with Crippen molar-refractivity contribution >= 4 is 43.5 Å². The van der Waals surface area contributed by atoms with Crippen LogP contribution in [0.5, 0.6) is 0 Å². The number of benzene rings is 1. The second-order valence-electron chi connectivity index (χ2n) is 3.68. The van der Waals surface area contributed by atoms with E-state index in [2.05, 4.69) is 31.9 Å². The van der Waals surface area contributed by atoms with E-state index in [-0.39, 0.29) is 10.7 Å². The zero-order chi connectivity index (χ0) is 11.0. The molecule has 1 unspecified atom stereocenters. The molecule has 1 aliphatic heterocycles. The molecule has 1 amide bonds. The van der Waals surface area contributed by atoms with Crippen LogP contribution in [0.3, 0.4) is 0 Å². The molecular weight excluding hydrogens is 322 g/mol. The number of hydrogen-bond acceptors (Lipinski definition) is 1. The highest BCUT2D eigenvalue weighted by Crippen LogP contribution is 2.30. The molecule has 0 spiro atoms. The van der Waals surface area contributed by atoms with Crippen molar-refractivity contribution in [2.75, 3.05) is 11.4 Å². The minimum absolute atomic E-state index is 0.0177. The highest BCUT2D eigenvalue weighted by molar-refractivity contribution is 9.10. The number of carbonyl (C=O) groups is 1. The fourth-order valence-corrected chi connectivity index (χ4v) is 2.56. The van der Waals surface area contributed by atoms with E-state index in [1.165, 1.54) is 0 Å². The maximum absolute atomic E-state index is 11.8. The molecule has 15 heavy (non-hydrogen) atoms. The SMILES string of the molecule is Cc1ccc(Br)cc1N1CCC(Br)C1=O. The Balaban J connectivity index is 2.37. The van der Waals surface area contributed by atoms with E-state index in [9.17, 15) is 4.79 Å². The summed E-state index contributed by atoms with van der Waals surface area (Å²) in [4.78, 5) is 13.7. The summed E-state index contributed by atoms with van der Waals surface area (Å²) in [5.74, 6) is 0.163. The van der Waals surface area contributed by atoms with Gasteiger partial charge in [0.2, 0.25) is 5.91 Å². The van der Waals surface area contributed by atoms with Gasteiger partial charge in [-0.05, 0) is 31.0 Å². The van der Waals surface area contributed by atoms with Gasteiger partial charge in [-0.3, -0.25) is 4.79 Å². The summed E-state index contributed by atoms with van der Waals surface area (Å²) in [6, 6.07) is 6.01. The van der Waals surface area contributed by atoms with Crippen LogP contribution in [0.1, 0.15) is 12.0 Å². The molecule has 0 saturated carbocycles. The van der Waals surface area contributed by atoms with Crippen molar-refractivity contribution in [3.05, 3.63) is 28.2 Å². The molecule has 2 nitrogen and oxygen atoms in total. The first-order valence-electron chi connectivity index (χ1n) is 4.81. The summed E-state index contributed by atoms with van der Waals surface area (Å²) >= 11 is 6.81. The second-order valence-corrected chi connectivity index (χ2v) is 5.70. The molecule has 1 atom stereocenters. The lowest BCUT2D eigenvalue weighted by molar-refractivity contribution is -0.116. The first-order chi connectivity index (χ1) is 7.09. The zero-order valence-electron chi connectivity index (χ0n) is 8.34. The quantitative estimate of drug-likeness (QED) is 0.723. The highest BCUT2D eigenvalue weighted by Gasteiger charge is 2.31. The Bertz CT molecular complexity index is 406. The normalized spacial score (nSPS) is 21.1.